The van der Waals surface area contributed by atoms with Crippen LogP contribution >= 0.6 is 11.6 Å². The lowest BCUT2D eigenvalue weighted by Crippen LogP contribution is -2.39. The van der Waals surface area contributed by atoms with E-state index in [0.29, 0.717) is 5.56 Å². The van der Waals surface area contributed by atoms with Gasteiger partial charge in [-0.3, -0.25) is 4.79 Å². The van der Waals surface area contributed by atoms with Crippen LogP contribution in [0.4, 0.5) is 4.39 Å². The molecule has 26 heavy (non-hydrogen) atoms. The van der Waals surface area contributed by atoms with E-state index in [0.717, 1.165) is 0 Å². The molecule has 1 unspecified atom stereocenters. The molecule has 0 spiro atoms. The van der Waals surface area contributed by atoms with Gasteiger partial charge in [0.2, 0.25) is 0 Å². The van der Waals surface area contributed by atoms with Crippen LogP contribution in [-0.2, 0) is 19.1 Å². The molecule has 1 fully saturated rings. The summed E-state index contributed by atoms with van der Waals surface area (Å²) in [5.74, 6) is -1.60. The van der Waals surface area contributed by atoms with Crippen molar-refractivity contribution in [3.8, 4) is 0 Å². The van der Waals surface area contributed by atoms with Gasteiger partial charge in [0.1, 0.15) is 12.4 Å². The van der Waals surface area contributed by atoms with E-state index in [-0.39, 0.29) is 35.5 Å². The average molecular weight is 385 g/mol. The van der Waals surface area contributed by atoms with E-state index in [1.54, 1.807) is 0 Å². The molecule has 0 saturated carbocycles. The Hall–Kier alpha value is -1.92. The standard InChI is InChI=1S/C19H22ClFO5/c1-18(2,3)9-16(23)25-11-19(10-22)8-13(17(24)26-19)6-12-4-5-15(21)14(20)7-12/h4-7,22H,8-11H2,1-3H3/b13-6+. The van der Waals surface area contributed by atoms with Crippen LogP contribution < -0.4 is 0 Å². The maximum atomic E-state index is 13.2. The highest BCUT2D eigenvalue weighted by atomic mass is 35.5. The Morgan fingerprint density at radius 2 is 2.15 bits per heavy atom. The Labute approximate surface area is 156 Å². The molecule has 1 aliphatic heterocycles. The van der Waals surface area contributed by atoms with Gasteiger partial charge in [0.15, 0.2) is 5.60 Å². The monoisotopic (exact) mass is 384 g/mol. The predicted octanol–water partition coefficient (Wildman–Crippen LogP) is 3.52. The van der Waals surface area contributed by atoms with Crippen molar-refractivity contribution in [1.29, 1.82) is 0 Å². The predicted molar refractivity (Wildman–Crippen MR) is 94.9 cm³/mol. The third kappa shape index (κ3) is 5.29. The molecule has 0 aromatic heterocycles. The Kier molecular flexibility index (Phi) is 6.09. The lowest BCUT2D eigenvalue weighted by Gasteiger charge is -2.25. The molecule has 1 aromatic rings. The van der Waals surface area contributed by atoms with Gasteiger partial charge in [0.05, 0.1) is 18.1 Å². The zero-order valence-electron chi connectivity index (χ0n) is 15.0. The van der Waals surface area contributed by atoms with Crippen molar-refractivity contribution in [2.75, 3.05) is 13.2 Å². The summed E-state index contributed by atoms with van der Waals surface area (Å²) in [5.41, 5.74) is -0.723. The van der Waals surface area contributed by atoms with Gasteiger partial charge in [-0.2, -0.15) is 0 Å². The molecule has 2 rings (SSSR count). The summed E-state index contributed by atoms with van der Waals surface area (Å²) < 4.78 is 23.7. The smallest absolute Gasteiger partial charge is 0.334 e. The number of halogens is 2. The molecule has 1 saturated heterocycles. The van der Waals surface area contributed by atoms with E-state index in [9.17, 15) is 19.1 Å². The van der Waals surface area contributed by atoms with E-state index < -0.39 is 30.0 Å². The Balaban J connectivity index is 2.10. The molecule has 1 aliphatic rings. The van der Waals surface area contributed by atoms with E-state index in [2.05, 4.69) is 0 Å². The van der Waals surface area contributed by atoms with Crippen LogP contribution in [0.5, 0.6) is 0 Å². The van der Waals surface area contributed by atoms with Crippen LogP contribution in [-0.4, -0.2) is 35.9 Å². The highest BCUT2D eigenvalue weighted by Crippen LogP contribution is 2.33. The Morgan fingerprint density at radius 1 is 1.46 bits per heavy atom. The third-order valence-corrected chi connectivity index (χ3v) is 4.12. The zero-order valence-corrected chi connectivity index (χ0v) is 15.7. The highest BCUT2D eigenvalue weighted by molar-refractivity contribution is 6.30. The number of carbonyl (C=O) groups excluding carboxylic acids is 2. The number of esters is 2. The number of carbonyl (C=O) groups is 2. The first kappa shape index (κ1) is 20.4. The summed E-state index contributed by atoms with van der Waals surface area (Å²) in [6, 6.07) is 4.06. The number of hydrogen-bond acceptors (Lipinski definition) is 5. The quantitative estimate of drug-likeness (QED) is 0.621. The van der Waals surface area contributed by atoms with Gasteiger partial charge < -0.3 is 14.6 Å². The first-order valence-corrected chi connectivity index (χ1v) is 8.57. The van der Waals surface area contributed by atoms with Crippen molar-refractivity contribution >= 4 is 29.6 Å². The molecule has 0 radical (unpaired) electrons. The SMILES string of the molecule is CC(C)(C)CC(=O)OCC1(CO)C/C(=C\c2ccc(F)c(Cl)c2)C(=O)O1. The van der Waals surface area contributed by atoms with E-state index in [1.807, 2.05) is 20.8 Å². The number of aliphatic hydroxyl groups excluding tert-OH is 1. The van der Waals surface area contributed by atoms with Crippen molar-refractivity contribution in [3.63, 3.8) is 0 Å². The number of aliphatic hydroxyl groups is 1. The minimum absolute atomic E-state index is 0.0600. The largest absolute Gasteiger partial charge is 0.461 e. The third-order valence-electron chi connectivity index (χ3n) is 3.83. The minimum Gasteiger partial charge on any atom is -0.461 e. The molecule has 7 heteroatoms. The average Bonchev–Trinajstić information content (AvgIpc) is 2.84. The number of ether oxygens (including phenoxy) is 2. The second-order valence-corrected chi connectivity index (χ2v) is 8.06. The molecule has 1 heterocycles. The lowest BCUT2D eigenvalue weighted by atomic mass is 9.92. The van der Waals surface area contributed by atoms with Crippen LogP contribution in [0.2, 0.25) is 5.02 Å². The van der Waals surface area contributed by atoms with Crippen LogP contribution in [0, 0.1) is 11.2 Å². The second-order valence-electron chi connectivity index (χ2n) is 7.65. The summed E-state index contributed by atoms with van der Waals surface area (Å²) >= 11 is 5.74. The summed E-state index contributed by atoms with van der Waals surface area (Å²) in [5, 5.41) is 9.62. The summed E-state index contributed by atoms with van der Waals surface area (Å²) in [6.07, 6.45) is 1.79. The summed E-state index contributed by atoms with van der Waals surface area (Å²) in [7, 11) is 0. The van der Waals surface area contributed by atoms with E-state index >= 15 is 0 Å². The van der Waals surface area contributed by atoms with Gasteiger partial charge in [-0.1, -0.05) is 38.4 Å². The number of rotatable bonds is 5. The van der Waals surface area contributed by atoms with Crippen LogP contribution in [0.25, 0.3) is 6.08 Å². The van der Waals surface area contributed by atoms with Crippen molar-refractivity contribution in [3.05, 3.63) is 40.2 Å². The maximum Gasteiger partial charge on any atom is 0.334 e. The highest BCUT2D eigenvalue weighted by Gasteiger charge is 2.44. The molecular formula is C19H22ClFO5. The fourth-order valence-electron chi connectivity index (χ4n) is 2.54. The van der Waals surface area contributed by atoms with Crippen molar-refractivity contribution in [1.82, 2.24) is 0 Å². The molecule has 0 bridgehead atoms. The van der Waals surface area contributed by atoms with Crippen molar-refractivity contribution in [2.24, 2.45) is 5.41 Å². The molecule has 1 N–H and O–H groups in total. The number of hydrogen-bond donors (Lipinski definition) is 1. The fraction of sp³-hybridized carbons (Fsp3) is 0.474. The number of cyclic esters (lactones) is 1. The van der Waals surface area contributed by atoms with Gasteiger partial charge in [-0.15, -0.1) is 0 Å². The summed E-state index contributed by atoms with van der Waals surface area (Å²) in [4.78, 5) is 24.0. The van der Waals surface area contributed by atoms with Gasteiger partial charge in [0, 0.05) is 12.0 Å². The van der Waals surface area contributed by atoms with Crippen LogP contribution in [0.1, 0.15) is 39.2 Å². The van der Waals surface area contributed by atoms with Crippen LogP contribution in [0.15, 0.2) is 23.8 Å². The first-order valence-electron chi connectivity index (χ1n) is 8.19. The minimum atomic E-state index is -1.31. The molecule has 1 aromatic carbocycles. The van der Waals surface area contributed by atoms with Crippen molar-refractivity contribution in [2.45, 2.75) is 39.2 Å². The lowest BCUT2D eigenvalue weighted by molar-refractivity contribution is -0.167. The van der Waals surface area contributed by atoms with Gasteiger partial charge in [0.25, 0.3) is 0 Å². The molecule has 1 atom stereocenters. The first-order chi connectivity index (χ1) is 12.0. The summed E-state index contributed by atoms with van der Waals surface area (Å²) in [6.45, 7) is 5.00. The Morgan fingerprint density at radius 3 is 2.73 bits per heavy atom. The maximum absolute atomic E-state index is 13.2. The van der Waals surface area contributed by atoms with Gasteiger partial charge in [-0.25, -0.2) is 9.18 Å². The molecule has 0 aliphatic carbocycles. The topological polar surface area (TPSA) is 72.8 Å². The molecule has 0 amide bonds. The van der Waals surface area contributed by atoms with Gasteiger partial charge >= 0.3 is 11.9 Å². The van der Waals surface area contributed by atoms with Crippen molar-refractivity contribution < 1.29 is 28.6 Å². The molecule has 142 valence electrons. The van der Waals surface area contributed by atoms with E-state index in [4.69, 9.17) is 21.1 Å². The molecular weight excluding hydrogens is 363 g/mol. The zero-order chi connectivity index (χ0) is 19.5. The van der Waals surface area contributed by atoms with Gasteiger partial charge in [-0.05, 0) is 29.2 Å². The number of benzene rings is 1. The fourth-order valence-corrected chi connectivity index (χ4v) is 2.73. The van der Waals surface area contributed by atoms with E-state index in [1.165, 1.54) is 24.3 Å². The normalized spacial score (nSPS) is 21.8. The molecule has 5 nitrogen and oxygen atoms in total. The van der Waals surface area contributed by atoms with Crippen LogP contribution in [0.3, 0.4) is 0 Å². The Bertz CT molecular complexity index is 738. The second kappa shape index (κ2) is 7.76.